The molecule has 4 nitrogen and oxygen atoms in total. The minimum atomic E-state index is -0.980. The van der Waals surface area contributed by atoms with Crippen molar-refractivity contribution in [2.24, 2.45) is 0 Å². The van der Waals surface area contributed by atoms with Gasteiger partial charge in [0, 0.05) is 35.9 Å². The van der Waals surface area contributed by atoms with Crippen LogP contribution in [-0.2, 0) is 4.79 Å². The predicted octanol–water partition coefficient (Wildman–Crippen LogP) is 2.83. The topological polar surface area (TPSA) is 43.8 Å². The Hall–Kier alpha value is -1.52. The second-order valence-corrected chi connectivity index (χ2v) is 5.33. The number of nitrogens with zero attached hydrogens (tertiary/aromatic N) is 2. The molecule has 0 atom stereocenters. The van der Waals surface area contributed by atoms with Gasteiger partial charge in [-0.05, 0) is 45.3 Å². The number of halogens is 1. The fourth-order valence-electron chi connectivity index (χ4n) is 1.92. The zero-order chi connectivity index (χ0) is 15.1. The number of anilines is 1. The molecule has 0 aliphatic heterocycles. The first-order valence-corrected chi connectivity index (χ1v) is 6.85. The molecule has 1 aromatic carbocycles. The summed E-state index contributed by atoms with van der Waals surface area (Å²) in [6, 6.07) is 5.58. The molecule has 1 rings (SSSR count). The Morgan fingerprint density at radius 2 is 2.00 bits per heavy atom. The summed E-state index contributed by atoms with van der Waals surface area (Å²) in [6.45, 7) is 1.89. The van der Waals surface area contributed by atoms with Gasteiger partial charge in [-0.3, -0.25) is 0 Å². The minimum Gasteiger partial charge on any atom is -0.478 e. The minimum absolute atomic E-state index is 0.555. The van der Waals surface area contributed by atoms with Gasteiger partial charge in [0.15, 0.2) is 0 Å². The summed E-state index contributed by atoms with van der Waals surface area (Å²) in [5.74, 6) is -0.980. The van der Waals surface area contributed by atoms with Gasteiger partial charge in [-0.15, -0.1) is 0 Å². The molecule has 0 aliphatic carbocycles. The lowest BCUT2D eigenvalue weighted by Crippen LogP contribution is -2.23. The monoisotopic (exact) mass is 296 g/mol. The van der Waals surface area contributed by atoms with Crippen LogP contribution in [0.15, 0.2) is 24.3 Å². The molecule has 0 saturated heterocycles. The van der Waals surface area contributed by atoms with Gasteiger partial charge in [0.1, 0.15) is 0 Å². The van der Waals surface area contributed by atoms with Gasteiger partial charge in [-0.2, -0.15) is 0 Å². The highest BCUT2D eigenvalue weighted by Crippen LogP contribution is 2.28. The van der Waals surface area contributed by atoms with Crippen molar-refractivity contribution in [3.8, 4) is 0 Å². The van der Waals surface area contributed by atoms with E-state index >= 15 is 0 Å². The smallest absolute Gasteiger partial charge is 0.328 e. The van der Waals surface area contributed by atoms with Gasteiger partial charge in [-0.25, -0.2) is 4.79 Å². The molecule has 0 radical (unpaired) electrons. The number of rotatable bonds is 7. The van der Waals surface area contributed by atoms with Crippen LogP contribution in [0, 0.1) is 0 Å². The zero-order valence-corrected chi connectivity index (χ0v) is 12.9. The van der Waals surface area contributed by atoms with Crippen LogP contribution >= 0.6 is 11.6 Å². The standard InChI is InChI=1S/C15H21ClN2O2/c1-17(2)10-5-11-18(3)14-7-4-6-13(16)12(14)8-9-15(19)20/h4,6-9H,5,10-11H2,1-3H3,(H,19,20). The second kappa shape index (κ2) is 7.92. The van der Waals surface area contributed by atoms with Crippen LogP contribution in [0.5, 0.6) is 0 Å². The lowest BCUT2D eigenvalue weighted by Gasteiger charge is -2.23. The Labute approximate surface area is 125 Å². The van der Waals surface area contributed by atoms with E-state index in [1.54, 1.807) is 12.1 Å². The quantitative estimate of drug-likeness (QED) is 0.786. The average molecular weight is 297 g/mol. The Morgan fingerprint density at radius 1 is 1.30 bits per heavy atom. The van der Waals surface area contributed by atoms with Gasteiger partial charge in [0.25, 0.3) is 0 Å². The van der Waals surface area contributed by atoms with Crippen LogP contribution in [0.3, 0.4) is 0 Å². The van der Waals surface area contributed by atoms with Gasteiger partial charge >= 0.3 is 5.97 Å². The van der Waals surface area contributed by atoms with Crippen LogP contribution in [0.25, 0.3) is 6.08 Å². The number of carboxylic acids is 1. The molecule has 0 bridgehead atoms. The molecule has 0 unspecified atom stereocenters. The highest BCUT2D eigenvalue weighted by molar-refractivity contribution is 6.32. The molecule has 0 aliphatic rings. The normalized spacial score (nSPS) is 11.2. The van der Waals surface area contributed by atoms with Crippen molar-refractivity contribution < 1.29 is 9.90 Å². The lowest BCUT2D eigenvalue weighted by atomic mass is 10.1. The number of aliphatic carboxylic acids is 1. The summed E-state index contributed by atoms with van der Waals surface area (Å²) in [4.78, 5) is 14.9. The summed E-state index contributed by atoms with van der Waals surface area (Å²) in [5.41, 5.74) is 1.68. The molecule has 0 spiro atoms. The summed E-state index contributed by atoms with van der Waals surface area (Å²) in [6.07, 6.45) is 3.68. The van der Waals surface area contributed by atoms with E-state index in [0.29, 0.717) is 5.02 Å². The molecule has 0 aromatic heterocycles. The first kappa shape index (κ1) is 16.5. The molecule has 20 heavy (non-hydrogen) atoms. The van der Waals surface area contributed by atoms with Gasteiger partial charge in [-0.1, -0.05) is 17.7 Å². The number of hydrogen-bond acceptors (Lipinski definition) is 3. The van der Waals surface area contributed by atoms with E-state index in [4.69, 9.17) is 16.7 Å². The van der Waals surface area contributed by atoms with E-state index in [0.717, 1.165) is 36.8 Å². The van der Waals surface area contributed by atoms with Crippen LogP contribution < -0.4 is 4.90 Å². The van der Waals surface area contributed by atoms with Crippen molar-refractivity contribution in [3.05, 3.63) is 34.9 Å². The maximum absolute atomic E-state index is 10.7. The molecule has 0 fully saturated rings. The van der Waals surface area contributed by atoms with E-state index in [9.17, 15) is 4.79 Å². The van der Waals surface area contributed by atoms with Crippen molar-refractivity contribution in [1.29, 1.82) is 0 Å². The first-order chi connectivity index (χ1) is 9.41. The van der Waals surface area contributed by atoms with E-state index in [-0.39, 0.29) is 0 Å². The fourth-order valence-corrected chi connectivity index (χ4v) is 2.16. The number of carboxylic acid groups (broad SMARTS) is 1. The third-order valence-electron chi connectivity index (χ3n) is 2.93. The molecule has 1 N–H and O–H groups in total. The number of benzene rings is 1. The maximum Gasteiger partial charge on any atom is 0.328 e. The SMILES string of the molecule is CN(C)CCCN(C)c1cccc(Cl)c1C=CC(=O)O. The maximum atomic E-state index is 10.7. The van der Waals surface area contributed by atoms with Crippen LogP contribution in [-0.4, -0.2) is 50.2 Å². The third-order valence-corrected chi connectivity index (χ3v) is 3.26. The molecule has 0 amide bonds. The fraction of sp³-hybridized carbons (Fsp3) is 0.400. The Kier molecular flexibility index (Phi) is 6.55. The van der Waals surface area contributed by atoms with Gasteiger partial charge in [0.05, 0.1) is 0 Å². The lowest BCUT2D eigenvalue weighted by molar-refractivity contribution is -0.131. The largest absolute Gasteiger partial charge is 0.478 e. The van der Waals surface area contributed by atoms with Crippen molar-refractivity contribution in [2.75, 3.05) is 39.1 Å². The summed E-state index contributed by atoms with van der Waals surface area (Å²) >= 11 is 6.16. The molecular weight excluding hydrogens is 276 g/mol. The molecule has 0 heterocycles. The molecule has 110 valence electrons. The van der Waals surface area contributed by atoms with Crippen LogP contribution in [0.2, 0.25) is 5.02 Å². The summed E-state index contributed by atoms with van der Waals surface area (Å²) < 4.78 is 0. The van der Waals surface area contributed by atoms with Crippen molar-refractivity contribution >= 4 is 29.3 Å². The van der Waals surface area contributed by atoms with Crippen LogP contribution in [0.1, 0.15) is 12.0 Å². The van der Waals surface area contributed by atoms with Crippen molar-refractivity contribution in [3.63, 3.8) is 0 Å². The number of carbonyl (C=O) groups is 1. The molecule has 5 heteroatoms. The van der Waals surface area contributed by atoms with E-state index in [1.165, 1.54) is 0 Å². The number of hydrogen-bond donors (Lipinski definition) is 1. The van der Waals surface area contributed by atoms with E-state index in [2.05, 4.69) is 9.80 Å². The first-order valence-electron chi connectivity index (χ1n) is 6.47. The highest BCUT2D eigenvalue weighted by Gasteiger charge is 2.09. The Balaban J connectivity index is 2.87. The Bertz CT molecular complexity index is 487. The van der Waals surface area contributed by atoms with E-state index < -0.39 is 5.97 Å². The summed E-state index contributed by atoms with van der Waals surface area (Å²) in [7, 11) is 6.07. The average Bonchev–Trinajstić information content (AvgIpc) is 2.36. The van der Waals surface area contributed by atoms with Crippen molar-refractivity contribution in [1.82, 2.24) is 4.90 Å². The second-order valence-electron chi connectivity index (χ2n) is 4.92. The highest BCUT2D eigenvalue weighted by atomic mass is 35.5. The van der Waals surface area contributed by atoms with E-state index in [1.807, 2.05) is 33.3 Å². The van der Waals surface area contributed by atoms with Crippen LogP contribution in [0.4, 0.5) is 5.69 Å². The van der Waals surface area contributed by atoms with Gasteiger partial charge in [0.2, 0.25) is 0 Å². The molecule has 1 aromatic rings. The molecule has 0 saturated carbocycles. The summed E-state index contributed by atoms with van der Waals surface area (Å²) in [5, 5.41) is 9.30. The zero-order valence-electron chi connectivity index (χ0n) is 12.1. The van der Waals surface area contributed by atoms with Crippen molar-refractivity contribution in [2.45, 2.75) is 6.42 Å². The predicted molar refractivity (Wildman–Crippen MR) is 84.6 cm³/mol. The molecular formula is C15H21ClN2O2. The third kappa shape index (κ3) is 5.23. The van der Waals surface area contributed by atoms with Gasteiger partial charge < -0.3 is 14.9 Å². The Morgan fingerprint density at radius 3 is 2.60 bits per heavy atom.